The number of hydrogen-bond acceptors (Lipinski definition) is 2. The van der Waals surface area contributed by atoms with E-state index in [0.29, 0.717) is 6.04 Å². The van der Waals surface area contributed by atoms with Crippen molar-refractivity contribution in [1.82, 2.24) is 5.32 Å². The standard InChI is InChI=1S/C18H27NO/c1-3-6-14-9-11-18(12-10-14)13-16(19-2)15-7-4-5-8-17(15)20-18/h4-5,7-8,14,16,19H,3,6,9-13H2,1-2H3. The fraction of sp³-hybridized carbons (Fsp3) is 0.667. The van der Waals surface area contributed by atoms with Crippen LogP contribution in [0.3, 0.4) is 0 Å². The third-order valence-electron chi connectivity index (χ3n) is 5.26. The Labute approximate surface area is 122 Å². The number of para-hydroxylation sites is 1. The lowest BCUT2D eigenvalue weighted by Crippen LogP contribution is -2.46. The van der Waals surface area contributed by atoms with Gasteiger partial charge in [-0.3, -0.25) is 0 Å². The zero-order chi connectivity index (χ0) is 14.0. The summed E-state index contributed by atoms with van der Waals surface area (Å²) in [5.74, 6) is 2.03. The number of ether oxygens (including phenoxy) is 1. The van der Waals surface area contributed by atoms with Gasteiger partial charge in [-0.1, -0.05) is 38.0 Å². The Hall–Kier alpha value is -1.02. The molecule has 1 fully saturated rings. The quantitative estimate of drug-likeness (QED) is 0.878. The molecule has 1 aliphatic carbocycles. The van der Waals surface area contributed by atoms with Crippen LogP contribution in [0.15, 0.2) is 24.3 Å². The van der Waals surface area contributed by atoms with Crippen LogP contribution < -0.4 is 10.1 Å². The molecule has 1 aromatic carbocycles. The maximum atomic E-state index is 6.48. The molecule has 2 aliphatic rings. The first-order chi connectivity index (χ1) is 9.76. The summed E-state index contributed by atoms with van der Waals surface area (Å²) in [6, 6.07) is 8.99. The second-order valence-electron chi connectivity index (χ2n) is 6.60. The third kappa shape index (κ3) is 2.58. The molecule has 1 atom stereocenters. The van der Waals surface area contributed by atoms with E-state index in [1.54, 1.807) is 0 Å². The molecule has 0 bridgehead atoms. The fourth-order valence-electron chi connectivity index (χ4n) is 4.08. The lowest BCUT2D eigenvalue weighted by Gasteiger charge is -2.46. The van der Waals surface area contributed by atoms with Crippen molar-refractivity contribution < 1.29 is 4.74 Å². The van der Waals surface area contributed by atoms with Crippen molar-refractivity contribution in [3.8, 4) is 5.75 Å². The summed E-state index contributed by atoms with van der Waals surface area (Å²) in [4.78, 5) is 0. The van der Waals surface area contributed by atoms with Crippen molar-refractivity contribution in [3.05, 3.63) is 29.8 Å². The number of rotatable bonds is 3. The summed E-state index contributed by atoms with van der Waals surface area (Å²) in [6.45, 7) is 2.30. The summed E-state index contributed by atoms with van der Waals surface area (Å²) < 4.78 is 6.48. The minimum atomic E-state index is 0.0896. The van der Waals surface area contributed by atoms with Crippen molar-refractivity contribution >= 4 is 0 Å². The van der Waals surface area contributed by atoms with E-state index >= 15 is 0 Å². The number of hydrogen-bond donors (Lipinski definition) is 1. The zero-order valence-electron chi connectivity index (χ0n) is 12.8. The highest BCUT2D eigenvalue weighted by atomic mass is 16.5. The molecule has 0 aromatic heterocycles. The Balaban J connectivity index is 1.77. The van der Waals surface area contributed by atoms with Crippen LogP contribution in [0.4, 0.5) is 0 Å². The molecule has 0 saturated heterocycles. The largest absolute Gasteiger partial charge is 0.487 e. The summed E-state index contributed by atoms with van der Waals surface area (Å²) in [5, 5.41) is 3.49. The van der Waals surface area contributed by atoms with Gasteiger partial charge in [-0.2, -0.15) is 0 Å². The first-order valence-corrected chi connectivity index (χ1v) is 8.21. The van der Waals surface area contributed by atoms with Gasteiger partial charge >= 0.3 is 0 Å². The average Bonchev–Trinajstić information content (AvgIpc) is 2.49. The third-order valence-corrected chi connectivity index (χ3v) is 5.26. The minimum Gasteiger partial charge on any atom is -0.487 e. The van der Waals surface area contributed by atoms with E-state index in [9.17, 15) is 0 Å². The second kappa shape index (κ2) is 5.77. The Morgan fingerprint density at radius 3 is 2.70 bits per heavy atom. The molecule has 1 unspecified atom stereocenters. The summed E-state index contributed by atoms with van der Waals surface area (Å²) in [7, 11) is 2.07. The molecule has 3 rings (SSSR count). The van der Waals surface area contributed by atoms with Crippen LogP contribution in [-0.4, -0.2) is 12.6 Å². The first-order valence-electron chi connectivity index (χ1n) is 8.21. The topological polar surface area (TPSA) is 21.3 Å². The van der Waals surface area contributed by atoms with E-state index in [4.69, 9.17) is 4.74 Å². The zero-order valence-corrected chi connectivity index (χ0v) is 12.8. The van der Waals surface area contributed by atoms with E-state index in [-0.39, 0.29) is 5.60 Å². The Morgan fingerprint density at radius 2 is 2.00 bits per heavy atom. The molecule has 1 aromatic rings. The molecule has 110 valence electrons. The molecule has 1 N–H and O–H groups in total. The Bertz CT molecular complexity index is 448. The van der Waals surface area contributed by atoms with Gasteiger partial charge in [-0.25, -0.2) is 0 Å². The number of fused-ring (bicyclic) bond motifs is 1. The predicted molar refractivity (Wildman–Crippen MR) is 83.1 cm³/mol. The normalized spacial score (nSPS) is 32.7. The number of nitrogens with one attached hydrogen (secondary N) is 1. The molecule has 2 nitrogen and oxygen atoms in total. The van der Waals surface area contributed by atoms with Gasteiger partial charge < -0.3 is 10.1 Å². The molecule has 1 aliphatic heterocycles. The highest BCUT2D eigenvalue weighted by Crippen LogP contribution is 2.47. The lowest BCUT2D eigenvalue weighted by atomic mass is 9.72. The van der Waals surface area contributed by atoms with E-state index < -0.39 is 0 Å². The molecular formula is C18H27NO. The van der Waals surface area contributed by atoms with Crippen molar-refractivity contribution in [2.24, 2.45) is 5.92 Å². The van der Waals surface area contributed by atoms with Crippen LogP contribution >= 0.6 is 0 Å². The molecule has 2 heteroatoms. The highest BCUT2D eigenvalue weighted by Gasteiger charge is 2.42. The van der Waals surface area contributed by atoms with Gasteiger partial charge in [0.1, 0.15) is 11.4 Å². The van der Waals surface area contributed by atoms with Crippen molar-refractivity contribution in [2.75, 3.05) is 7.05 Å². The van der Waals surface area contributed by atoms with Crippen LogP contribution in [0.1, 0.15) is 63.5 Å². The van der Waals surface area contributed by atoms with Crippen molar-refractivity contribution in [1.29, 1.82) is 0 Å². The molecule has 1 heterocycles. The summed E-state index contributed by atoms with van der Waals surface area (Å²) in [6.07, 6.45) is 8.97. The molecule has 0 radical (unpaired) electrons. The van der Waals surface area contributed by atoms with Crippen LogP contribution in [0, 0.1) is 5.92 Å². The van der Waals surface area contributed by atoms with Gasteiger partial charge in [0.15, 0.2) is 0 Å². The second-order valence-corrected chi connectivity index (χ2v) is 6.60. The smallest absolute Gasteiger partial charge is 0.124 e. The van der Waals surface area contributed by atoms with Crippen LogP contribution in [0.25, 0.3) is 0 Å². The first kappa shape index (κ1) is 13.9. The maximum Gasteiger partial charge on any atom is 0.124 e. The van der Waals surface area contributed by atoms with E-state index in [2.05, 4.69) is 43.6 Å². The molecule has 0 amide bonds. The summed E-state index contributed by atoms with van der Waals surface area (Å²) in [5.41, 5.74) is 1.42. The van der Waals surface area contributed by atoms with Crippen LogP contribution in [0.2, 0.25) is 0 Å². The van der Waals surface area contributed by atoms with Crippen molar-refractivity contribution in [3.63, 3.8) is 0 Å². The minimum absolute atomic E-state index is 0.0896. The van der Waals surface area contributed by atoms with Gasteiger partial charge in [0, 0.05) is 18.0 Å². The predicted octanol–water partition coefficient (Wildman–Crippen LogP) is 4.46. The Kier molecular flexibility index (Phi) is 4.02. The fourth-order valence-corrected chi connectivity index (χ4v) is 4.08. The molecule has 20 heavy (non-hydrogen) atoms. The SMILES string of the molecule is CCCC1CCC2(CC1)CC(NC)c1ccccc1O2. The van der Waals surface area contributed by atoms with Gasteiger partial charge in [-0.15, -0.1) is 0 Å². The highest BCUT2D eigenvalue weighted by molar-refractivity contribution is 5.39. The van der Waals surface area contributed by atoms with Gasteiger partial charge in [0.2, 0.25) is 0 Å². The van der Waals surface area contributed by atoms with E-state index in [0.717, 1.165) is 18.1 Å². The van der Waals surface area contributed by atoms with Crippen molar-refractivity contribution in [2.45, 2.75) is 63.5 Å². The van der Waals surface area contributed by atoms with Gasteiger partial charge in [0.05, 0.1) is 0 Å². The number of benzene rings is 1. The van der Waals surface area contributed by atoms with E-state index in [1.165, 1.54) is 44.1 Å². The van der Waals surface area contributed by atoms with E-state index in [1.807, 2.05) is 0 Å². The Morgan fingerprint density at radius 1 is 1.25 bits per heavy atom. The average molecular weight is 273 g/mol. The summed E-state index contributed by atoms with van der Waals surface area (Å²) >= 11 is 0. The van der Waals surface area contributed by atoms with Gasteiger partial charge in [-0.05, 0) is 44.7 Å². The maximum absolute atomic E-state index is 6.48. The molecule has 1 saturated carbocycles. The lowest BCUT2D eigenvalue weighted by molar-refractivity contribution is -0.0148. The van der Waals surface area contributed by atoms with Crippen LogP contribution in [-0.2, 0) is 0 Å². The molecular weight excluding hydrogens is 246 g/mol. The monoisotopic (exact) mass is 273 g/mol. The van der Waals surface area contributed by atoms with Crippen LogP contribution in [0.5, 0.6) is 5.75 Å². The molecule has 1 spiro atoms. The van der Waals surface area contributed by atoms with Gasteiger partial charge in [0.25, 0.3) is 0 Å².